The Kier molecular flexibility index (Phi) is 6.58. The first-order valence-corrected chi connectivity index (χ1v) is 7.16. The van der Waals surface area contributed by atoms with Crippen molar-refractivity contribution in [2.24, 2.45) is 0 Å². The van der Waals surface area contributed by atoms with Gasteiger partial charge in [-0.1, -0.05) is 0 Å². The van der Waals surface area contributed by atoms with Crippen molar-refractivity contribution in [1.82, 2.24) is 10.2 Å². The zero-order valence-corrected chi connectivity index (χ0v) is 11.8. The predicted molar refractivity (Wildman–Crippen MR) is 70.6 cm³/mol. The summed E-state index contributed by atoms with van der Waals surface area (Å²) in [6.45, 7) is 4.22. The van der Waals surface area contributed by atoms with Crippen LogP contribution in [0, 0.1) is 0 Å². The van der Waals surface area contributed by atoms with Gasteiger partial charge in [0.05, 0.1) is 5.25 Å². The Morgan fingerprint density at radius 2 is 1.62 bits per heavy atom. The van der Waals surface area contributed by atoms with Gasteiger partial charge < -0.3 is 5.32 Å². The number of hydrogen-bond acceptors (Lipinski definition) is 4. The monoisotopic (exact) mass is 290 g/mol. The van der Waals surface area contributed by atoms with Gasteiger partial charge in [0.25, 0.3) is 0 Å². The fourth-order valence-electron chi connectivity index (χ4n) is 2.23. The third kappa shape index (κ3) is 3.74. The van der Waals surface area contributed by atoms with Gasteiger partial charge in [-0.3, -0.25) is 4.90 Å². The molecule has 2 aliphatic rings. The second kappa shape index (κ2) is 6.40. The molecule has 0 aromatic carbocycles. The number of hydrogen-bond donors (Lipinski definition) is 1. The van der Waals surface area contributed by atoms with E-state index in [2.05, 4.69) is 10.2 Å². The highest BCUT2D eigenvalue weighted by Crippen LogP contribution is 2.30. The van der Waals surface area contributed by atoms with E-state index in [-0.39, 0.29) is 30.1 Å². The van der Waals surface area contributed by atoms with Crippen molar-refractivity contribution in [1.29, 1.82) is 0 Å². The molecule has 0 aromatic heterocycles. The second-order valence-electron chi connectivity index (χ2n) is 4.36. The van der Waals surface area contributed by atoms with Crippen LogP contribution in [0.4, 0.5) is 0 Å². The minimum absolute atomic E-state index is 0. The van der Waals surface area contributed by atoms with E-state index < -0.39 is 9.84 Å². The molecule has 2 rings (SSSR count). The molecule has 0 radical (unpaired) electrons. The number of nitrogens with one attached hydrogen (secondary N) is 1. The standard InChI is InChI=1S/C9H18N2O2S.2ClH/c1-14(12,13)9-6-8(7-9)11-4-2-10-3-5-11;;/h8-10H,2-7H2,1H3;2*1H. The number of piperazine rings is 1. The van der Waals surface area contributed by atoms with E-state index in [1.807, 2.05) is 0 Å². The topological polar surface area (TPSA) is 49.4 Å². The van der Waals surface area contributed by atoms with Crippen LogP contribution in [0.1, 0.15) is 12.8 Å². The molecule has 0 aromatic rings. The van der Waals surface area contributed by atoms with Gasteiger partial charge in [0.2, 0.25) is 0 Å². The van der Waals surface area contributed by atoms with Gasteiger partial charge in [-0.25, -0.2) is 8.42 Å². The summed E-state index contributed by atoms with van der Waals surface area (Å²) in [4.78, 5) is 2.41. The summed E-state index contributed by atoms with van der Waals surface area (Å²) in [5.74, 6) is 0. The Morgan fingerprint density at radius 3 is 2.06 bits per heavy atom. The molecular weight excluding hydrogens is 271 g/mol. The van der Waals surface area contributed by atoms with Crippen LogP contribution < -0.4 is 5.32 Å². The van der Waals surface area contributed by atoms with E-state index in [0.717, 1.165) is 39.0 Å². The molecule has 16 heavy (non-hydrogen) atoms. The summed E-state index contributed by atoms with van der Waals surface area (Å²) in [5.41, 5.74) is 0. The minimum Gasteiger partial charge on any atom is -0.314 e. The first kappa shape index (κ1) is 16.4. The molecule has 1 saturated heterocycles. The average Bonchev–Trinajstić information content (AvgIpc) is 2.00. The molecule has 0 amide bonds. The molecule has 0 spiro atoms. The summed E-state index contributed by atoms with van der Waals surface area (Å²) >= 11 is 0. The Bertz CT molecular complexity index is 299. The van der Waals surface area contributed by atoms with Crippen molar-refractivity contribution in [2.75, 3.05) is 32.4 Å². The number of nitrogens with zero attached hydrogens (tertiary/aromatic N) is 1. The van der Waals surface area contributed by atoms with Gasteiger partial charge in [-0.2, -0.15) is 0 Å². The van der Waals surface area contributed by atoms with Crippen molar-refractivity contribution < 1.29 is 8.42 Å². The first-order chi connectivity index (χ1) is 6.57. The Morgan fingerprint density at radius 1 is 1.12 bits per heavy atom. The lowest BCUT2D eigenvalue weighted by molar-refractivity contribution is 0.115. The Labute approximate surface area is 110 Å². The predicted octanol–water partition coefficient (Wildman–Crippen LogP) is 0.311. The molecule has 0 atom stereocenters. The third-order valence-electron chi connectivity index (χ3n) is 3.34. The van der Waals surface area contributed by atoms with Crippen LogP contribution in [0.5, 0.6) is 0 Å². The highest BCUT2D eigenvalue weighted by Gasteiger charge is 2.39. The van der Waals surface area contributed by atoms with Crippen molar-refractivity contribution in [2.45, 2.75) is 24.1 Å². The molecule has 0 bridgehead atoms. The summed E-state index contributed by atoms with van der Waals surface area (Å²) in [5, 5.41) is 3.23. The summed E-state index contributed by atoms with van der Waals surface area (Å²) < 4.78 is 22.4. The zero-order chi connectivity index (χ0) is 10.2. The fourth-order valence-corrected chi connectivity index (χ4v) is 3.38. The summed E-state index contributed by atoms with van der Waals surface area (Å²) in [6, 6.07) is 0.525. The minimum atomic E-state index is -2.78. The molecule has 98 valence electrons. The van der Waals surface area contributed by atoms with E-state index in [4.69, 9.17) is 0 Å². The van der Waals surface area contributed by atoms with Crippen LogP contribution in [0.2, 0.25) is 0 Å². The molecule has 1 aliphatic heterocycles. The molecule has 1 heterocycles. The maximum absolute atomic E-state index is 11.2. The van der Waals surface area contributed by atoms with Crippen molar-refractivity contribution >= 4 is 34.7 Å². The number of halogens is 2. The van der Waals surface area contributed by atoms with Crippen LogP contribution in [0.25, 0.3) is 0 Å². The maximum Gasteiger partial charge on any atom is 0.150 e. The Balaban J connectivity index is 0.00000112. The SMILES string of the molecule is CS(=O)(=O)C1CC(N2CCNCC2)C1.Cl.Cl. The van der Waals surface area contributed by atoms with Crippen molar-refractivity contribution in [3.8, 4) is 0 Å². The van der Waals surface area contributed by atoms with Gasteiger partial charge >= 0.3 is 0 Å². The Hall–Kier alpha value is 0.450. The zero-order valence-electron chi connectivity index (χ0n) is 9.39. The molecule has 4 nitrogen and oxygen atoms in total. The highest BCUT2D eigenvalue weighted by molar-refractivity contribution is 7.91. The van der Waals surface area contributed by atoms with Crippen molar-refractivity contribution in [3.63, 3.8) is 0 Å². The second-order valence-corrected chi connectivity index (χ2v) is 6.69. The van der Waals surface area contributed by atoms with Crippen LogP contribution in [0.3, 0.4) is 0 Å². The lowest BCUT2D eigenvalue weighted by atomic mass is 9.90. The smallest absolute Gasteiger partial charge is 0.150 e. The molecule has 1 N–H and O–H groups in total. The van der Waals surface area contributed by atoms with E-state index >= 15 is 0 Å². The van der Waals surface area contributed by atoms with E-state index in [9.17, 15) is 8.42 Å². The number of rotatable bonds is 2. The molecule has 1 saturated carbocycles. The van der Waals surface area contributed by atoms with Crippen LogP contribution in [0.15, 0.2) is 0 Å². The fraction of sp³-hybridized carbons (Fsp3) is 1.00. The molecule has 1 aliphatic carbocycles. The lowest BCUT2D eigenvalue weighted by Crippen LogP contribution is -2.55. The van der Waals surface area contributed by atoms with Gasteiger partial charge in [0, 0.05) is 38.5 Å². The molecule has 0 unspecified atom stereocenters. The van der Waals surface area contributed by atoms with Gasteiger partial charge in [0.1, 0.15) is 9.84 Å². The molecule has 2 fully saturated rings. The maximum atomic E-state index is 11.2. The van der Waals surface area contributed by atoms with E-state index in [0.29, 0.717) is 6.04 Å². The number of sulfone groups is 1. The summed E-state index contributed by atoms with van der Waals surface area (Å²) in [7, 11) is -2.78. The van der Waals surface area contributed by atoms with Gasteiger partial charge in [-0.05, 0) is 12.8 Å². The average molecular weight is 291 g/mol. The molecular formula is C9H20Cl2N2O2S. The molecule has 7 heteroatoms. The lowest BCUT2D eigenvalue weighted by Gasteiger charge is -2.43. The quantitative estimate of drug-likeness (QED) is 0.795. The van der Waals surface area contributed by atoms with Crippen molar-refractivity contribution in [3.05, 3.63) is 0 Å². The van der Waals surface area contributed by atoms with Gasteiger partial charge in [-0.15, -0.1) is 24.8 Å². The summed E-state index contributed by atoms with van der Waals surface area (Å²) in [6.07, 6.45) is 3.04. The largest absolute Gasteiger partial charge is 0.314 e. The normalized spacial score (nSPS) is 30.8. The van der Waals surface area contributed by atoms with Crippen LogP contribution in [-0.4, -0.2) is 57.0 Å². The van der Waals surface area contributed by atoms with E-state index in [1.54, 1.807) is 0 Å². The van der Waals surface area contributed by atoms with Crippen LogP contribution in [-0.2, 0) is 9.84 Å². The first-order valence-electron chi connectivity index (χ1n) is 5.21. The highest BCUT2D eigenvalue weighted by atomic mass is 35.5. The van der Waals surface area contributed by atoms with Gasteiger partial charge in [0.15, 0.2) is 0 Å². The third-order valence-corrected chi connectivity index (χ3v) is 4.94. The van der Waals surface area contributed by atoms with Crippen LogP contribution >= 0.6 is 24.8 Å². The van der Waals surface area contributed by atoms with E-state index in [1.165, 1.54) is 6.26 Å².